The van der Waals surface area contributed by atoms with Crippen LogP contribution in [0.3, 0.4) is 0 Å². The minimum absolute atomic E-state index is 0.147. The zero-order chi connectivity index (χ0) is 18.8. The molecule has 2 aromatic heterocycles. The molecule has 27 heavy (non-hydrogen) atoms. The van der Waals surface area contributed by atoms with E-state index in [4.69, 9.17) is 0 Å². The quantitative estimate of drug-likeness (QED) is 0.553. The number of benzene rings is 2. The molecule has 0 bridgehead atoms. The maximum absolute atomic E-state index is 12.6. The Kier molecular flexibility index (Phi) is 4.38. The molecule has 4 rings (SSSR count). The lowest BCUT2D eigenvalue weighted by molar-refractivity contribution is 0.102. The van der Waals surface area contributed by atoms with Crippen LogP contribution >= 0.6 is 0 Å². The van der Waals surface area contributed by atoms with Crippen molar-refractivity contribution in [2.45, 2.75) is 13.8 Å². The molecule has 4 nitrogen and oxygen atoms in total. The summed E-state index contributed by atoms with van der Waals surface area (Å²) in [7, 11) is 0. The van der Waals surface area contributed by atoms with Crippen LogP contribution in [-0.4, -0.2) is 15.9 Å². The number of nitrogens with one attached hydrogen (secondary N) is 1. The van der Waals surface area contributed by atoms with E-state index in [0.29, 0.717) is 5.56 Å². The van der Waals surface area contributed by atoms with Crippen molar-refractivity contribution in [1.82, 2.24) is 9.97 Å². The van der Waals surface area contributed by atoms with Crippen LogP contribution in [0, 0.1) is 13.8 Å². The van der Waals surface area contributed by atoms with Gasteiger partial charge < -0.3 is 5.32 Å². The van der Waals surface area contributed by atoms with E-state index >= 15 is 0 Å². The van der Waals surface area contributed by atoms with Crippen LogP contribution in [0.2, 0.25) is 0 Å². The van der Waals surface area contributed by atoms with Gasteiger partial charge in [0.2, 0.25) is 0 Å². The summed E-state index contributed by atoms with van der Waals surface area (Å²) in [5.41, 5.74) is 6.01. The molecule has 0 unspecified atom stereocenters. The SMILES string of the molecule is Cc1cccc(-c2ccc(C(=O)Nc3ccc4ccc(C)nc4c3)cc2)n1. The van der Waals surface area contributed by atoms with E-state index in [0.717, 1.165) is 39.2 Å². The van der Waals surface area contributed by atoms with Gasteiger partial charge in [-0.2, -0.15) is 0 Å². The number of carbonyl (C=O) groups excluding carboxylic acids is 1. The number of fused-ring (bicyclic) bond motifs is 1. The van der Waals surface area contributed by atoms with Crippen molar-refractivity contribution in [2.24, 2.45) is 0 Å². The van der Waals surface area contributed by atoms with E-state index in [1.54, 1.807) is 0 Å². The molecule has 0 fully saturated rings. The summed E-state index contributed by atoms with van der Waals surface area (Å²) in [4.78, 5) is 21.6. The average molecular weight is 353 g/mol. The first-order valence-electron chi connectivity index (χ1n) is 8.81. The first-order valence-corrected chi connectivity index (χ1v) is 8.81. The Balaban J connectivity index is 1.54. The molecule has 132 valence electrons. The van der Waals surface area contributed by atoms with Crippen molar-refractivity contribution in [2.75, 3.05) is 5.32 Å². The van der Waals surface area contributed by atoms with Crippen molar-refractivity contribution >= 4 is 22.5 Å². The summed E-state index contributed by atoms with van der Waals surface area (Å²) >= 11 is 0. The number of rotatable bonds is 3. The Hall–Kier alpha value is -3.53. The largest absolute Gasteiger partial charge is 0.322 e. The fourth-order valence-electron chi connectivity index (χ4n) is 3.00. The van der Waals surface area contributed by atoms with Crippen LogP contribution in [0.25, 0.3) is 22.2 Å². The van der Waals surface area contributed by atoms with Gasteiger partial charge in [0.15, 0.2) is 0 Å². The molecule has 0 saturated heterocycles. The maximum Gasteiger partial charge on any atom is 0.255 e. The number of anilines is 1. The Labute approximate surface area is 157 Å². The number of hydrogen-bond donors (Lipinski definition) is 1. The lowest BCUT2D eigenvalue weighted by atomic mass is 10.1. The number of pyridine rings is 2. The molecule has 4 heteroatoms. The Morgan fingerprint density at radius 1 is 0.815 bits per heavy atom. The minimum Gasteiger partial charge on any atom is -0.322 e. The standard InChI is InChI=1S/C23H19N3O/c1-15-4-3-5-21(24-15)17-8-10-19(11-9-17)23(27)26-20-13-12-18-7-6-16(2)25-22(18)14-20/h3-14H,1-2H3,(H,26,27). The van der Waals surface area contributed by atoms with Crippen LogP contribution in [-0.2, 0) is 0 Å². The highest BCUT2D eigenvalue weighted by Gasteiger charge is 2.08. The van der Waals surface area contributed by atoms with Crippen LogP contribution in [0.15, 0.2) is 72.8 Å². The van der Waals surface area contributed by atoms with Gasteiger partial charge in [0.05, 0.1) is 11.2 Å². The molecular weight excluding hydrogens is 334 g/mol. The van der Waals surface area contributed by atoms with Gasteiger partial charge in [0, 0.05) is 33.6 Å². The second kappa shape index (κ2) is 7.00. The second-order valence-electron chi connectivity index (χ2n) is 6.56. The number of aromatic nitrogens is 2. The zero-order valence-electron chi connectivity index (χ0n) is 15.2. The highest BCUT2D eigenvalue weighted by atomic mass is 16.1. The fourth-order valence-corrected chi connectivity index (χ4v) is 3.00. The van der Waals surface area contributed by atoms with E-state index in [1.807, 2.05) is 86.6 Å². The van der Waals surface area contributed by atoms with Crippen molar-refractivity contribution in [3.05, 3.63) is 89.7 Å². The van der Waals surface area contributed by atoms with Crippen molar-refractivity contribution in [3.8, 4) is 11.3 Å². The smallest absolute Gasteiger partial charge is 0.255 e. The molecule has 0 aliphatic carbocycles. The molecule has 0 spiro atoms. The summed E-state index contributed by atoms with van der Waals surface area (Å²) in [5, 5.41) is 3.99. The maximum atomic E-state index is 12.6. The zero-order valence-corrected chi connectivity index (χ0v) is 15.2. The molecule has 4 aromatic rings. The molecule has 2 aromatic carbocycles. The van der Waals surface area contributed by atoms with Gasteiger partial charge in [-0.25, -0.2) is 0 Å². The number of amides is 1. The summed E-state index contributed by atoms with van der Waals surface area (Å²) in [6.45, 7) is 3.92. The second-order valence-corrected chi connectivity index (χ2v) is 6.56. The van der Waals surface area contributed by atoms with Crippen molar-refractivity contribution in [1.29, 1.82) is 0 Å². The van der Waals surface area contributed by atoms with Crippen LogP contribution in [0.5, 0.6) is 0 Å². The van der Waals surface area contributed by atoms with Crippen LogP contribution in [0.4, 0.5) is 5.69 Å². The highest BCUT2D eigenvalue weighted by Crippen LogP contribution is 2.20. The fraction of sp³-hybridized carbons (Fsp3) is 0.0870. The molecule has 1 N–H and O–H groups in total. The lowest BCUT2D eigenvalue weighted by Gasteiger charge is -2.08. The number of aryl methyl sites for hydroxylation is 2. The third kappa shape index (κ3) is 3.70. The summed E-state index contributed by atoms with van der Waals surface area (Å²) in [6, 6.07) is 23.1. The van der Waals surface area contributed by atoms with Gasteiger partial charge in [0.1, 0.15) is 0 Å². The summed E-state index contributed by atoms with van der Waals surface area (Å²) in [5.74, 6) is -0.147. The van der Waals surface area contributed by atoms with Gasteiger partial charge >= 0.3 is 0 Å². The predicted molar refractivity (Wildman–Crippen MR) is 109 cm³/mol. The summed E-state index contributed by atoms with van der Waals surface area (Å²) < 4.78 is 0. The molecule has 0 radical (unpaired) electrons. The summed E-state index contributed by atoms with van der Waals surface area (Å²) in [6.07, 6.45) is 0. The third-order valence-corrected chi connectivity index (χ3v) is 4.42. The van der Waals surface area contributed by atoms with E-state index in [1.165, 1.54) is 0 Å². The Morgan fingerprint density at radius 3 is 2.33 bits per heavy atom. The van der Waals surface area contributed by atoms with E-state index < -0.39 is 0 Å². The van der Waals surface area contributed by atoms with E-state index in [9.17, 15) is 4.79 Å². The van der Waals surface area contributed by atoms with E-state index in [2.05, 4.69) is 15.3 Å². The molecule has 0 aliphatic heterocycles. The van der Waals surface area contributed by atoms with Gasteiger partial charge in [-0.1, -0.05) is 30.3 Å². The van der Waals surface area contributed by atoms with Crippen LogP contribution in [0.1, 0.15) is 21.7 Å². The number of hydrogen-bond acceptors (Lipinski definition) is 3. The monoisotopic (exact) mass is 353 g/mol. The van der Waals surface area contributed by atoms with Gasteiger partial charge in [-0.3, -0.25) is 14.8 Å². The Morgan fingerprint density at radius 2 is 1.56 bits per heavy atom. The van der Waals surface area contributed by atoms with Gasteiger partial charge in [-0.15, -0.1) is 0 Å². The Bertz CT molecular complexity index is 1130. The minimum atomic E-state index is -0.147. The predicted octanol–water partition coefficient (Wildman–Crippen LogP) is 5.17. The van der Waals surface area contributed by atoms with Crippen molar-refractivity contribution < 1.29 is 4.79 Å². The van der Waals surface area contributed by atoms with Crippen LogP contribution < -0.4 is 5.32 Å². The normalized spacial score (nSPS) is 10.7. The molecule has 1 amide bonds. The average Bonchev–Trinajstić information content (AvgIpc) is 2.68. The lowest BCUT2D eigenvalue weighted by Crippen LogP contribution is -2.11. The van der Waals surface area contributed by atoms with Gasteiger partial charge in [-0.05, 0) is 56.3 Å². The molecule has 0 saturated carbocycles. The third-order valence-electron chi connectivity index (χ3n) is 4.42. The first-order chi connectivity index (χ1) is 13.1. The van der Waals surface area contributed by atoms with E-state index in [-0.39, 0.29) is 5.91 Å². The molecule has 2 heterocycles. The molecular formula is C23H19N3O. The highest BCUT2D eigenvalue weighted by molar-refractivity contribution is 6.05. The molecule has 0 aliphatic rings. The van der Waals surface area contributed by atoms with Crippen molar-refractivity contribution in [3.63, 3.8) is 0 Å². The van der Waals surface area contributed by atoms with Gasteiger partial charge in [0.25, 0.3) is 5.91 Å². The number of carbonyl (C=O) groups is 1. The molecule has 0 atom stereocenters. The topological polar surface area (TPSA) is 54.9 Å². The number of nitrogens with zero attached hydrogens (tertiary/aromatic N) is 2. The first kappa shape index (κ1) is 16.9.